The monoisotopic (exact) mass is 447 g/mol. The highest BCUT2D eigenvalue weighted by atomic mass is 79.9. The van der Waals surface area contributed by atoms with Crippen LogP contribution in [0.4, 0.5) is 0 Å². The maximum absolute atomic E-state index is 13.0. The van der Waals surface area contributed by atoms with Crippen molar-refractivity contribution in [2.45, 2.75) is 18.7 Å². The first-order valence-electron chi connectivity index (χ1n) is 8.08. The molecule has 0 amide bonds. The Bertz CT molecular complexity index is 974. The summed E-state index contributed by atoms with van der Waals surface area (Å²) in [6, 6.07) is 22.5. The van der Waals surface area contributed by atoms with E-state index in [1.54, 1.807) is 24.3 Å². The Morgan fingerprint density at radius 1 is 0.769 bits per heavy atom. The van der Waals surface area contributed by atoms with Crippen LogP contribution in [0.15, 0.2) is 82.2 Å². The molecule has 0 heterocycles. The molecule has 0 bridgehead atoms. The predicted octanol–water partition coefficient (Wildman–Crippen LogP) is 4.39. The number of hydrogen-bond donors (Lipinski definition) is 1. The van der Waals surface area contributed by atoms with Gasteiger partial charge in [0.1, 0.15) is 0 Å². The van der Waals surface area contributed by atoms with Gasteiger partial charge in [-0.1, -0.05) is 64.5 Å². The van der Waals surface area contributed by atoms with Gasteiger partial charge in [0, 0.05) is 12.5 Å². The van der Waals surface area contributed by atoms with Crippen LogP contribution in [0.3, 0.4) is 0 Å². The van der Waals surface area contributed by atoms with E-state index in [9.17, 15) is 8.42 Å². The second-order valence-electron chi connectivity index (χ2n) is 5.96. The lowest BCUT2D eigenvalue weighted by molar-refractivity contribution is 0.594. The summed E-state index contributed by atoms with van der Waals surface area (Å²) in [5.74, 6) is 0. The van der Waals surface area contributed by atoms with E-state index in [1.807, 2.05) is 62.4 Å². The summed E-state index contributed by atoms with van der Waals surface area (Å²) in [7, 11) is -4.91. The summed E-state index contributed by atoms with van der Waals surface area (Å²) in [4.78, 5) is 0.260. The smallest absolute Gasteiger partial charge is 0.207 e. The summed E-state index contributed by atoms with van der Waals surface area (Å²) in [5, 5.41) is 2.02. The van der Waals surface area contributed by atoms with Crippen molar-refractivity contribution in [2.75, 3.05) is 0 Å². The van der Waals surface area contributed by atoms with Crippen molar-refractivity contribution >= 4 is 44.6 Å². The number of hydrogen-bond acceptors (Lipinski definition) is 2. The zero-order chi connectivity index (χ0) is 18.7. The third-order valence-electron chi connectivity index (χ3n) is 4.05. The molecule has 0 aliphatic rings. The Labute approximate surface area is 164 Å². The van der Waals surface area contributed by atoms with Gasteiger partial charge >= 0.3 is 0 Å². The number of halogens is 1. The van der Waals surface area contributed by atoms with E-state index in [4.69, 9.17) is 0 Å². The standard InChI is InChI=1S/C20H19BrNO2PS/c1-15-7-3-5-9-19(15)25(20-10-6-4-8-16(20)2)22-26(23,24)18-13-11-17(21)12-14-18/h3-14,22H,1-2H3. The molecule has 3 rings (SSSR count). The van der Waals surface area contributed by atoms with E-state index in [1.165, 1.54) is 0 Å². The van der Waals surface area contributed by atoms with E-state index < -0.39 is 18.1 Å². The molecule has 3 aromatic carbocycles. The van der Waals surface area contributed by atoms with Gasteiger partial charge in [-0.3, -0.25) is 0 Å². The van der Waals surface area contributed by atoms with Crippen molar-refractivity contribution in [3.63, 3.8) is 0 Å². The third-order valence-corrected chi connectivity index (χ3v) is 9.13. The second kappa shape index (κ2) is 8.01. The highest BCUT2D eigenvalue weighted by Crippen LogP contribution is 2.34. The molecule has 0 saturated carbocycles. The quantitative estimate of drug-likeness (QED) is 0.589. The molecule has 0 radical (unpaired) electrons. The second-order valence-corrected chi connectivity index (χ2v) is 10.7. The van der Waals surface area contributed by atoms with E-state index in [0.29, 0.717) is 0 Å². The van der Waals surface area contributed by atoms with Crippen molar-refractivity contribution < 1.29 is 8.42 Å². The molecule has 0 fully saturated rings. The van der Waals surface area contributed by atoms with Crippen LogP contribution in [-0.4, -0.2) is 8.42 Å². The van der Waals surface area contributed by atoms with Crippen LogP contribution in [0.5, 0.6) is 0 Å². The van der Waals surface area contributed by atoms with Crippen LogP contribution in [0, 0.1) is 13.8 Å². The van der Waals surface area contributed by atoms with Crippen LogP contribution in [0.2, 0.25) is 0 Å². The van der Waals surface area contributed by atoms with Crippen molar-refractivity contribution in [3.8, 4) is 0 Å². The molecule has 0 atom stereocenters. The highest BCUT2D eigenvalue weighted by molar-refractivity contribution is 9.10. The van der Waals surface area contributed by atoms with Crippen molar-refractivity contribution in [1.29, 1.82) is 0 Å². The Morgan fingerprint density at radius 2 is 1.23 bits per heavy atom. The van der Waals surface area contributed by atoms with Crippen LogP contribution in [0.25, 0.3) is 0 Å². The SMILES string of the molecule is Cc1ccccc1P(NS(=O)(=O)c1ccc(Br)cc1)c1ccccc1C. The first kappa shape index (κ1) is 19.2. The molecule has 0 aromatic heterocycles. The average molecular weight is 448 g/mol. The number of sulfonamides is 1. The zero-order valence-corrected chi connectivity index (χ0v) is 17.8. The van der Waals surface area contributed by atoms with Crippen LogP contribution in [0.1, 0.15) is 11.1 Å². The zero-order valence-electron chi connectivity index (χ0n) is 14.5. The third kappa shape index (κ3) is 4.24. The molecule has 6 heteroatoms. The molecular formula is C20H19BrNO2PS. The van der Waals surface area contributed by atoms with Crippen LogP contribution < -0.4 is 15.1 Å². The van der Waals surface area contributed by atoms with E-state index in [2.05, 4.69) is 20.4 Å². The molecule has 0 unspecified atom stereocenters. The molecule has 26 heavy (non-hydrogen) atoms. The summed E-state index contributed by atoms with van der Waals surface area (Å²) >= 11 is 3.34. The van der Waals surface area contributed by atoms with Crippen LogP contribution >= 0.6 is 24.0 Å². The van der Waals surface area contributed by atoms with Gasteiger partial charge < -0.3 is 0 Å². The van der Waals surface area contributed by atoms with Gasteiger partial charge in [0.15, 0.2) is 0 Å². The van der Waals surface area contributed by atoms with Crippen LogP contribution in [-0.2, 0) is 10.0 Å². The lowest BCUT2D eigenvalue weighted by Gasteiger charge is -2.23. The van der Waals surface area contributed by atoms with E-state index in [-0.39, 0.29) is 4.90 Å². The number of benzene rings is 3. The molecular weight excluding hydrogens is 429 g/mol. The van der Waals surface area contributed by atoms with Gasteiger partial charge in [-0.05, 0) is 59.8 Å². The van der Waals surface area contributed by atoms with Gasteiger partial charge in [0.2, 0.25) is 10.0 Å². The minimum atomic E-state index is -3.65. The normalized spacial score (nSPS) is 11.7. The first-order chi connectivity index (χ1) is 12.4. The predicted molar refractivity (Wildman–Crippen MR) is 113 cm³/mol. The molecule has 3 nitrogen and oxygen atoms in total. The molecule has 0 aliphatic carbocycles. The number of rotatable bonds is 5. The first-order valence-corrected chi connectivity index (χ1v) is 11.7. The molecule has 3 aromatic rings. The lowest BCUT2D eigenvalue weighted by Crippen LogP contribution is -2.30. The van der Waals surface area contributed by atoms with Gasteiger partial charge in [-0.2, -0.15) is 4.49 Å². The fraction of sp³-hybridized carbons (Fsp3) is 0.100. The summed E-state index contributed by atoms with van der Waals surface area (Å²) in [5.41, 5.74) is 2.14. The maximum atomic E-state index is 13.0. The molecule has 0 aliphatic heterocycles. The molecule has 1 N–H and O–H groups in total. The Balaban J connectivity index is 2.09. The molecule has 0 saturated heterocycles. The Morgan fingerprint density at radius 3 is 1.69 bits per heavy atom. The van der Waals surface area contributed by atoms with E-state index in [0.717, 1.165) is 26.2 Å². The van der Waals surface area contributed by atoms with Crippen molar-refractivity contribution in [1.82, 2.24) is 4.49 Å². The van der Waals surface area contributed by atoms with E-state index >= 15 is 0 Å². The number of nitrogens with one attached hydrogen (secondary N) is 1. The number of aryl methyl sites for hydroxylation is 2. The van der Waals surface area contributed by atoms with Gasteiger partial charge in [-0.25, -0.2) is 8.42 Å². The summed E-state index contributed by atoms with van der Waals surface area (Å²) in [6.07, 6.45) is 0. The van der Waals surface area contributed by atoms with Crippen molar-refractivity contribution in [3.05, 3.63) is 88.4 Å². The maximum Gasteiger partial charge on any atom is 0.244 e. The fourth-order valence-electron chi connectivity index (χ4n) is 2.64. The molecule has 0 spiro atoms. The summed E-state index contributed by atoms with van der Waals surface area (Å²) in [6.45, 7) is 4.02. The lowest BCUT2D eigenvalue weighted by atomic mass is 10.2. The Kier molecular flexibility index (Phi) is 5.93. The van der Waals surface area contributed by atoms with Crippen molar-refractivity contribution in [2.24, 2.45) is 0 Å². The topological polar surface area (TPSA) is 46.2 Å². The van der Waals surface area contributed by atoms with Gasteiger partial charge in [-0.15, -0.1) is 0 Å². The van der Waals surface area contributed by atoms with Gasteiger partial charge in [0.05, 0.1) is 4.90 Å². The largest absolute Gasteiger partial charge is 0.244 e. The minimum absolute atomic E-state index is 0.260. The average Bonchev–Trinajstić information content (AvgIpc) is 2.61. The Hall–Kier alpha value is -1.52. The minimum Gasteiger partial charge on any atom is -0.207 e. The highest BCUT2D eigenvalue weighted by Gasteiger charge is 2.25. The fourth-order valence-corrected chi connectivity index (χ4v) is 7.16. The van der Waals surface area contributed by atoms with Gasteiger partial charge in [0.25, 0.3) is 0 Å². The molecule has 134 valence electrons. The summed E-state index contributed by atoms with van der Waals surface area (Å²) < 4.78 is 29.8.